The van der Waals surface area contributed by atoms with Gasteiger partial charge in [0.25, 0.3) is 5.91 Å². The van der Waals surface area contributed by atoms with Gasteiger partial charge >= 0.3 is 0 Å². The fourth-order valence-electron chi connectivity index (χ4n) is 2.81. The predicted molar refractivity (Wildman–Crippen MR) is 92.2 cm³/mol. The highest BCUT2D eigenvalue weighted by atomic mass is 32.2. The molecule has 134 valence electrons. The van der Waals surface area contributed by atoms with E-state index in [0.717, 1.165) is 5.69 Å². The second-order valence-corrected chi connectivity index (χ2v) is 8.12. The first-order valence-electron chi connectivity index (χ1n) is 7.97. The molecule has 25 heavy (non-hydrogen) atoms. The molecule has 2 aromatic rings. The van der Waals surface area contributed by atoms with Crippen LogP contribution >= 0.6 is 0 Å². The maximum Gasteiger partial charge on any atom is 0.253 e. The molecule has 1 atom stereocenters. The normalized spacial score (nSPS) is 18.4. The highest BCUT2D eigenvalue weighted by molar-refractivity contribution is 7.89. The number of sulfonamides is 1. The zero-order chi connectivity index (χ0) is 18.0. The number of rotatable bonds is 5. The molecule has 0 saturated carbocycles. The summed E-state index contributed by atoms with van der Waals surface area (Å²) in [6.45, 7) is 1.15. The smallest absolute Gasteiger partial charge is 0.253 e. The Kier molecular flexibility index (Phi) is 4.89. The molecule has 9 heteroatoms. The number of H-pyrrole nitrogens is 1. The number of nitrogens with one attached hydrogen (secondary N) is 1. The van der Waals surface area contributed by atoms with Crippen molar-refractivity contribution in [3.63, 3.8) is 0 Å². The van der Waals surface area contributed by atoms with Crippen molar-refractivity contribution in [2.45, 2.75) is 23.9 Å². The number of hydrogen-bond acceptors (Lipinski definition) is 5. The Morgan fingerprint density at radius 3 is 2.64 bits per heavy atom. The Morgan fingerprint density at radius 1 is 1.36 bits per heavy atom. The Labute approximate surface area is 146 Å². The summed E-state index contributed by atoms with van der Waals surface area (Å²) in [6, 6.07) is 7.68. The van der Waals surface area contributed by atoms with Gasteiger partial charge in [0.15, 0.2) is 0 Å². The molecule has 1 aliphatic rings. The largest absolute Gasteiger partial charge is 0.336 e. The minimum absolute atomic E-state index is 0.119. The quantitative estimate of drug-likeness (QED) is 0.799. The van der Waals surface area contributed by atoms with Crippen LogP contribution < -0.4 is 5.73 Å². The third kappa shape index (κ3) is 3.73. The summed E-state index contributed by atoms with van der Waals surface area (Å²) in [5.41, 5.74) is 7.04. The first kappa shape index (κ1) is 17.6. The molecule has 3 N–H and O–H groups in total. The van der Waals surface area contributed by atoms with Gasteiger partial charge < -0.3 is 10.6 Å². The second kappa shape index (κ2) is 6.95. The van der Waals surface area contributed by atoms with Gasteiger partial charge in [-0.1, -0.05) is 0 Å². The lowest BCUT2D eigenvalue weighted by Gasteiger charge is -2.18. The van der Waals surface area contributed by atoms with Crippen molar-refractivity contribution in [3.8, 4) is 0 Å². The molecule has 8 nitrogen and oxygen atoms in total. The van der Waals surface area contributed by atoms with Crippen LogP contribution in [0.1, 0.15) is 22.5 Å². The molecule has 1 unspecified atom stereocenters. The molecule has 3 rings (SSSR count). The average Bonchev–Trinajstić information content (AvgIpc) is 3.26. The van der Waals surface area contributed by atoms with E-state index in [4.69, 9.17) is 5.73 Å². The summed E-state index contributed by atoms with van der Waals surface area (Å²) >= 11 is 0. The van der Waals surface area contributed by atoms with Crippen LogP contribution in [0.2, 0.25) is 0 Å². The summed E-state index contributed by atoms with van der Waals surface area (Å²) in [5.74, 6) is -0.193. The van der Waals surface area contributed by atoms with Crippen molar-refractivity contribution in [3.05, 3.63) is 47.8 Å². The molecule has 0 spiro atoms. The maximum absolute atomic E-state index is 12.6. The molecule has 1 amide bonds. The fourth-order valence-corrected chi connectivity index (χ4v) is 4.32. The van der Waals surface area contributed by atoms with Gasteiger partial charge in [0, 0.05) is 37.9 Å². The highest BCUT2D eigenvalue weighted by Gasteiger charge is 2.31. The second-order valence-electron chi connectivity index (χ2n) is 6.18. The zero-order valence-electron chi connectivity index (χ0n) is 13.9. The number of benzene rings is 1. The maximum atomic E-state index is 12.6. The number of nitrogens with two attached hydrogens (primary N) is 1. The van der Waals surface area contributed by atoms with Crippen LogP contribution in [0.15, 0.2) is 41.4 Å². The van der Waals surface area contributed by atoms with Gasteiger partial charge in [-0.15, -0.1) is 0 Å². The molecule has 1 aliphatic heterocycles. The SMILES string of the molecule is CN(Cc1ccn[nH]1)C(=O)c1ccc(S(=O)(=O)N2CCC(N)C2)cc1. The van der Waals surface area contributed by atoms with Crippen molar-refractivity contribution in [1.29, 1.82) is 0 Å². The Bertz CT molecular complexity index is 833. The number of carbonyl (C=O) groups excluding carboxylic acids is 1. The van der Waals surface area contributed by atoms with Gasteiger partial charge in [-0.05, 0) is 36.8 Å². The summed E-state index contributed by atoms with van der Waals surface area (Å²) in [6.07, 6.45) is 2.28. The number of aromatic amines is 1. The zero-order valence-corrected chi connectivity index (χ0v) is 14.7. The molecule has 0 radical (unpaired) electrons. The van der Waals surface area contributed by atoms with Gasteiger partial charge in [0.05, 0.1) is 17.1 Å². The van der Waals surface area contributed by atoms with Gasteiger partial charge in [-0.25, -0.2) is 8.42 Å². The van der Waals surface area contributed by atoms with Crippen LogP contribution in [0.4, 0.5) is 0 Å². The van der Waals surface area contributed by atoms with Gasteiger partial charge in [-0.3, -0.25) is 9.89 Å². The predicted octanol–water partition coefficient (Wildman–Crippen LogP) is 0.404. The minimum atomic E-state index is -3.56. The fraction of sp³-hybridized carbons (Fsp3) is 0.375. The molecule has 0 aliphatic carbocycles. The standard InChI is InChI=1S/C16H21N5O3S/c1-20(11-14-6-8-18-19-14)16(22)12-2-4-15(5-3-12)25(23,24)21-9-7-13(17)10-21/h2-6,8,13H,7,9-11,17H2,1H3,(H,18,19). The van der Waals surface area contributed by atoms with E-state index in [1.165, 1.54) is 33.5 Å². The van der Waals surface area contributed by atoms with Crippen LogP contribution in [0.25, 0.3) is 0 Å². The lowest BCUT2D eigenvalue weighted by molar-refractivity contribution is 0.0783. The van der Waals surface area contributed by atoms with Crippen molar-refractivity contribution in [2.24, 2.45) is 5.73 Å². The van der Waals surface area contributed by atoms with E-state index >= 15 is 0 Å². The van der Waals surface area contributed by atoms with E-state index in [0.29, 0.717) is 31.6 Å². The molecular formula is C16H21N5O3S. The molecular weight excluding hydrogens is 342 g/mol. The molecule has 2 heterocycles. The molecule has 1 fully saturated rings. The van der Waals surface area contributed by atoms with E-state index in [2.05, 4.69) is 10.2 Å². The Morgan fingerprint density at radius 2 is 2.08 bits per heavy atom. The van der Waals surface area contributed by atoms with E-state index in [1.807, 2.05) is 0 Å². The summed E-state index contributed by atoms with van der Waals surface area (Å²) < 4.78 is 26.5. The Hall–Kier alpha value is -2.23. The monoisotopic (exact) mass is 363 g/mol. The number of carbonyl (C=O) groups is 1. The topological polar surface area (TPSA) is 112 Å². The molecule has 1 saturated heterocycles. The van der Waals surface area contributed by atoms with Crippen molar-refractivity contribution >= 4 is 15.9 Å². The summed E-state index contributed by atoms with van der Waals surface area (Å²) in [5, 5.41) is 6.64. The van der Waals surface area contributed by atoms with Crippen molar-refractivity contribution in [1.82, 2.24) is 19.4 Å². The Balaban J connectivity index is 1.72. The third-order valence-electron chi connectivity index (χ3n) is 4.24. The first-order valence-corrected chi connectivity index (χ1v) is 9.41. The minimum Gasteiger partial charge on any atom is -0.336 e. The molecule has 0 bridgehead atoms. The third-order valence-corrected chi connectivity index (χ3v) is 6.12. The van der Waals surface area contributed by atoms with Crippen molar-refractivity contribution < 1.29 is 13.2 Å². The van der Waals surface area contributed by atoms with E-state index in [1.54, 1.807) is 19.3 Å². The van der Waals surface area contributed by atoms with Gasteiger partial charge in [-0.2, -0.15) is 9.40 Å². The summed E-state index contributed by atoms with van der Waals surface area (Å²) in [4.78, 5) is 14.2. The van der Waals surface area contributed by atoms with E-state index in [-0.39, 0.29) is 16.8 Å². The lowest BCUT2D eigenvalue weighted by atomic mass is 10.2. The number of aromatic nitrogens is 2. The highest BCUT2D eigenvalue weighted by Crippen LogP contribution is 2.21. The number of hydrogen-bond donors (Lipinski definition) is 2. The van der Waals surface area contributed by atoms with Gasteiger partial charge in [0.1, 0.15) is 0 Å². The number of amides is 1. The number of nitrogens with zero attached hydrogens (tertiary/aromatic N) is 3. The van der Waals surface area contributed by atoms with Gasteiger partial charge in [0.2, 0.25) is 10.0 Å². The average molecular weight is 363 g/mol. The summed E-state index contributed by atoms with van der Waals surface area (Å²) in [7, 11) is -1.88. The first-order chi connectivity index (χ1) is 11.9. The van der Waals surface area contributed by atoms with Crippen LogP contribution in [0, 0.1) is 0 Å². The van der Waals surface area contributed by atoms with Crippen LogP contribution in [-0.2, 0) is 16.6 Å². The molecule has 1 aromatic carbocycles. The van der Waals surface area contributed by atoms with E-state index in [9.17, 15) is 13.2 Å². The van der Waals surface area contributed by atoms with Crippen LogP contribution in [-0.4, -0.2) is 59.9 Å². The van der Waals surface area contributed by atoms with Crippen LogP contribution in [0.3, 0.4) is 0 Å². The molecule has 1 aromatic heterocycles. The van der Waals surface area contributed by atoms with Crippen LogP contribution in [0.5, 0.6) is 0 Å². The lowest BCUT2D eigenvalue weighted by Crippen LogP contribution is -2.32. The van der Waals surface area contributed by atoms with E-state index < -0.39 is 10.0 Å². The van der Waals surface area contributed by atoms with Crippen molar-refractivity contribution in [2.75, 3.05) is 20.1 Å².